The molecule has 0 radical (unpaired) electrons. The first-order valence-corrected chi connectivity index (χ1v) is 7.26. The number of ether oxygens (including phenoxy) is 2. The Labute approximate surface area is 145 Å². The summed E-state index contributed by atoms with van der Waals surface area (Å²) >= 11 is 0. The number of carbonyl (C=O) groups is 1. The first kappa shape index (κ1) is 19.5. The molecule has 1 aromatic heterocycles. The molecule has 0 aliphatic carbocycles. The fourth-order valence-corrected chi connectivity index (χ4v) is 2.23. The minimum Gasteiger partial charge on any atom is -0.493 e. The molecule has 11 heteroatoms. The SMILES string of the molecule is COc1cc2nc(C(F)(F)F)nc(NC(C(=O)O)C(C)O)c2cc1OC. The van der Waals surface area contributed by atoms with Crippen LogP contribution in [-0.2, 0) is 11.0 Å². The molecule has 0 bridgehead atoms. The number of anilines is 1. The van der Waals surface area contributed by atoms with E-state index in [1.54, 1.807) is 0 Å². The Balaban J connectivity index is 2.73. The van der Waals surface area contributed by atoms with Gasteiger partial charge in [0.05, 0.1) is 25.8 Å². The van der Waals surface area contributed by atoms with Crippen LogP contribution in [0.5, 0.6) is 11.5 Å². The molecule has 8 nitrogen and oxygen atoms in total. The van der Waals surface area contributed by atoms with Crippen LogP contribution in [0.1, 0.15) is 12.7 Å². The van der Waals surface area contributed by atoms with Crippen LogP contribution in [0.3, 0.4) is 0 Å². The lowest BCUT2D eigenvalue weighted by molar-refractivity contribution is -0.144. The number of carboxylic acid groups (broad SMARTS) is 1. The topological polar surface area (TPSA) is 114 Å². The van der Waals surface area contributed by atoms with Crippen molar-refractivity contribution in [1.82, 2.24) is 9.97 Å². The normalized spacial score (nSPS) is 14.0. The van der Waals surface area contributed by atoms with Gasteiger partial charge < -0.3 is 25.0 Å². The molecule has 0 saturated carbocycles. The fourth-order valence-electron chi connectivity index (χ4n) is 2.23. The number of aliphatic carboxylic acids is 1. The minimum absolute atomic E-state index is 0.0718. The Morgan fingerprint density at radius 1 is 1.19 bits per heavy atom. The van der Waals surface area contributed by atoms with Gasteiger partial charge in [0.25, 0.3) is 0 Å². The van der Waals surface area contributed by atoms with Gasteiger partial charge in [0.1, 0.15) is 5.82 Å². The fraction of sp³-hybridized carbons (Fsp3) is 0.400. The second kappa shape index (κ2) is 7.20. The molecule has 0 spiro atoms. The van der Waals surface area contributed by atoms with Crippen molar-refractivity contribution in [3.8, 4) is 11.5 Å². The van der Waals surface area contributed by atoms with E-state index in [1.807, 2.05) is 0 Å². The maximum atomic E-state index is 13.1. The third-order valence-electron chi connectivity index (χ3n) is 3.50. The molecule has 3 N–H and O–H groups in total. The van der Waals surface area contributed by atoms with Crippen LogP contribution in [0.2, 0.25) is 0 Å². The molecular weight excluding hydrogens is 359 g/mol. The lowest BCUT2D eigenvalue weighted by Gasteiger charge is -2.20. The van der Waals surface area contributed by atoms with Crippen LogP contribution in [0, 0.1) is 0 Å². The number of carboxylic acids is 1. The third kappa shape index (κ3) is 3.87. The van der Waals surface area contributed by atoms with Gasteiger partial charge in [-0.1, -0.05) is 0 Å². The summed E-state index contributed by atoms with van der Waals surface area (Å²) in [5, 5.41) is 21.1. The Morgan fingerprint density at radius 3 is 2.23 bits per heavy atom. The first-order chi connectivity index (χ1) is 12.1. The Morgan fingerprint density at radius 2 is 1.77 bits per heavy atom. The second-order valence-corrected chi connectivity index (χ2v) is 5.32. The summed E-state index contributed by atoms with van der Waals surface area (Å²) in [6, 6.07) is 0.953. The molecule has 1 heterocycles. The van der Waals surface area contributed by atoms with Crippen molar-refractivity contribution in [2.24, 2.45) is 0 Å². The van der Waals surface area contributed by atoms with Crippen LogP contribution in [0.25, 0.3) is 10.9 Å². The summed E-state index contributed by atoms with van der Waals surface area (Å²) in [4.78, 5) is 18.1. The zero-order valence-electron chi connectivity index (χ0n) is 14.0. The van der Waals surface area contributed by atoms with E-state index in [0.717, 1.165) is 0 Å². The molecule has 26 heavy (non-hydrogen) atoms. The van der Waals surface area contributed by atoms with Crippen molar-refractivity contribution in [2.75, 3.05) is 19.5 Å². The van der Waals surface area contributed by atoms with Gasteiger partial charge in [0.15, 0.2) is 17.5 Å². The number of methoxy groups -OCH3 is 2. The molecule has 0 fully saturated rings. The van der Waals surface area contributed by atoms with Crippen molar-refractivity contribution in [1.29, 1.82) is 0 Å². The molecule has 142 valence electrons. The highest BCUT2D eigenvalue weighted by atomic mass is 19.4. The molecule has 2 atom stereocenters. The molecule has 0 saturated heterocycles. The number of fused-ring (bicyclic) bond motifs is 1. The van der Waals surface area contributed by atoms with Gasteiger partial charge in [-0.25, -0.2) is 14.8 Å². The highest BCUT2D eigenvalue weighted by Crippen LogP contribution is 2.36. The van der Waals surface area contributed by atoms with Crippen LogP contribution in [-0.4, -0.2) is 52.5 Å². The predicted octanol–water partition coefficient (Wildman–Crippen LogP) is 1.91. The molecule has 0 aliphatic heterocycles. The number of halogens is 3. The minimum atomic E-state index is -4.86. The maximum absolute atomic E-state index is 13.1. The largest absolute Gasteiger partial charge is 0.493 e. The Kier molecular flexibility index (Phi) is 5.40. The van der Waals surface area contributed by atoms with E-state index in [4.69, 9.17) is 14.6 Å². The van der Waals surface area contributed by atoms with Gasteiger partial charge in [-0.05, 0) is 13.0 Å². The van der Waals surface area contributed by atoms with Crippen molar-refractivity contribution >= 4 is 22.7 Å². The van der Waals surface area contributed by atoms with Crippen molar-refractivity contribution in [3.05, 3.63) is 18.0 Å². The van der Waals surface area contributed by atoms with Crippen LogP contribution >= 0.6 is 0 Å². The van der Waals surface area contributed by atoms with Gasteiger partial charge in [0, 0.05) is 11.5 Å². The Hall–Kier alpha value is -2.82. The zero-order chi connectivity index (χ0) is 19.6. The summed E-state index contributed by atoms with van der Waals surface area (Å²) in [5.74, 6) is -3.00. The summed E-state index contributed by atoms with van der Waals surface area (Å²) in [6.45, 7) is 1.18. The summed E-state index contributed by atoms with van der Waals surface area (Å²) in [6.07, 6.45) is -6.26. The van der Waals surface area contributed by atoms with Crippen LogP contribution in [0.4, 0.5) is 19.0 Å². The van der Waals surface area contributed by atoms with Gasteiger partial charge in [-0.15, -0.1) is 0 Å². The molecule has 1 aromatic carbocycles. The molecule has 2 aromatic rings. The summed E-state index contributed by atoms with van der Waals surface area (Å²) < 4.78 is 49.5. The standard InChI is InChI=1S/C15H16F3N3O5/c1-6(22)11(13(23)24)20-12-7-4-9(25-2)10(26-3)5-8(7)19-14(21-12)15(16,17)18/h4-6,11,22H,1-3H3,(H,23,24)(H,19,20,21). The number of rotatable bonds is 6. The third-order valence-corrected chi connectivity index (χ3v) is 3.50. The van der Waals surface area contributed by atoms with Gasteiger partial charge in [0.2, 0.25) is 5.82 Å². The zero-order valence-corrected chi connectivity index (χ0v) is 14.0. The Bertz CT molecular complexity index is 826. The lowest BCUT2D eigenvalue weighted by atomic mass is 10.1. The second-order valence-electron chi connectivity index (χ2n) is 5.32. The van der Waals surface area contributed by atoms with Gasteiger partial charge in [-0.3, -0.25) is 0 Å². The smallest absolute Gasteiger partial charge is 0.451 e. The number of aromatic nitrogens is 2. The van der Waals surface area contributed by atoms with E-state index >= 15 is 0 Å². The number of aliphatic hydroxyl groups is 1. The molecular formula is C15H16F3N3O5. The number of alkyl halides is 3. The molecule has 2 unspecified atom stereocenters. The van der Waals surface area contributed by atoms with Crippen molar-refractivity contribution in [2.45, 2.75) is 25.2 Å². The van der Waals surface area contributed by atoms with Crippen LogP contribution in [0.15, 0.2) is 12.1 Å². The highest BCUT2D eigenvalue weighted by molar-refractivity contribution is 5.93. The number of hydrogen-bond donors (Lipinski definition) is 3. The molecule has 0 aliphatic rings. The van der Waals surface area contributed by atoms with E-state index in [1.165, 1.54) is 33.3 Å². The summed E-state index contributed by atoms with van der Waals surface area (Å²) in [7, 11) is 2.64. The monoisotopic (exact) mass is 375 g/mol. The van der Waals surface area contributed by atoms with E-state index in [2.05, 4.69) is 15.3 Å². The lowest BCUT2D eigenvalue weighted by Crippen LogP contribution is -2.39. The highest BCUT2D eigenvalue weighted by Gasteiger charge is 2.36. The number of nitrogens with one attached hydrogen (secondary N) is 1. The molecule has 0 amide bonds. The quantitative estimate of drug-likeness (QED) is 0.702. The van der Waals surface area contributed by atoms with Crippen molar-refractivity contribution < 1.29 is 37.7 Å². The number of aliphatic hydroxyl groups excluding tert-OH is 1. The number of nitrogens with zero attached hydrogens (tertiary/aromatic N) is 2. The van der Waals surface area contributed by atoms with Crippen LogP contribution < -0.4 is 14.8 Å². The van der Waals surface area contributed by atoms with E-state index in [9.17, 15) is 23.1 Å². The number of hydrogen-bond acceptors (Lipinski definition) is 7. The summed E-state index contributed by atoms with van der Waals surface area (Å²) in [5.41, 5.74) is -0.137. The van der Waals surface area contributed by atoms with Gasteiger partial charge >= 0.3 is 12.1 Å². The van der Waals surface area contributed by atoms with Crippen molar-refractivity contribution in [3.63, 3.8) is 0 Å². The van der Waals surface area contributed by atoms with Gasteiger partial charge in [-0.2, -0.15) is 13.2 Å². The van der Waals surface area contributed by atoms with E-state index < -0.39 is 35.9 Å². The number of benzene rings is 1. The van der Waals surface area contributed by atoms with E-state index in [0.29, 0.717) is 0 Å². The first-order valence-electron chi connectivity index (χ1n) is 7.26. The maximum Gasteiger partial charge on any atom is 0.451 e. The molecule has 2 rings (SSSR count). The average Bonchev–Trinajstić information content (AvgIpc) is 2.56. The predicted molar refractivity (Wildman–Crippen MR) is 84.4 cm³/mol. The average molecular weight is 375 g/mol. The van der Waals surface area contributed by atoms with E-state index in [-0.39, 0.29) is 22.4 Å².